The molecule has 6 nitrogen and oxygen atoms in total. The van der Waals surface area contributed by atoms with Crippen molar-refractivity contribution < 1.29 is 14.0 Å². The molecular weight excluding hydrogens is 431 g/mol. The maximum absolute atomic E-state index is 13.4. The number of allylic oxidation sites excluding steroid dienone is 1. The van der Waals surface area contributed by atoms with Gasteiger partial charge in [-0.15, -0.1) is 0 Å². The quantitative estimate of drug-likeness (QED) is 0.413. The monoisotopic (exact) mass is 460 g/mol. The van der Waals surface area contributed by atoms with E-state index in [9.17, 15) is 14.0 Å². The molecular formula is C27H29FN4O2. The molecule has 0 fully saturated rings. The molecule has 1 aliphatic heterocycles. The Kier molecular flexibility index (Phi) is 7.23. The molecule has 1 aromatic heterocycles. The Bertz CT molecular complexity index is 1210. The molecule has 7 heteroatoms. The van der Waals surface area contributed by atoms with Crippen LogP contribution in [0.25, 0.3) is 16.7 Å². The standard InChI is InChI=1S/C27H29FN4O2/c1-3-32(4-2)15-14-29-26(33)19-16-21(30-17-19)12-13-23-25-22(18-8-10-20(28)11-9-18)6-5-7-24(25)31-27(23)34/h5-11,13,16-17,30H,3-4,12,14-15H2,1-2H3,(H,29,33)(H,31,34)/b23-13-. The summed E-state index contributed by atoms with van der Waals surface area (Å²) in [5.41, 5.74) is 5.21. The van der Waals surface area contributed by atoms with Gasteiger partial charge in [0.25, 0.3) is 11.8 Å². The zero-order valence-electron chi connectivity index (χ0n) is 19.5. The van der Waals surface area contributed by atoms with Gasteiger partial charge in [-0.05, 0) is 48.5 Å². The third-order valence-corrected chi connectivity index (χ3v) is 6.12. The molecule has 0 saturated heterocycles. The minimum absolute atomic E-state index is 0.120. The first-order chi connectivity index (χ1) is 16.5. The third-order valence-electron chi connectivity index (χ3n) is 6.12. The summed E-state index contributed by atoms with van der Waals surface area (Å²) >= 11 is 0. The smallest absolute Gasteiger partial charge is 0.256 e. The predicted molar refractivity (Wildman–Crippen MR) is 133 cm³/mol. The molecule has 0 spiro atoms. The average Bonchev–Trinajstić information content (AvgIpc) is 3.44. The average molecular weight is 461 g/mol. The van der Waals surface area contributed by atoms with Crippen LogP contribution in [-0.2, 0) is 11.2 Å². The van der Waals surface area contributed by atoms with Crippen LogP contribution in [0.15, 0.2) is 60.8 Å². The minimum Gasteiger partial charge on any atom is -0.364 e. The molecule has 0 saturated carbocycles. The second kappa shape index (κ2) is 10.5. The van der Waals surface area contributed by atoms with E-state index in [1.54, 1.807) is 18.3 Å². The van der Waals surface area contributed by atoms with Gasteiger partial charge in [-0.25, -0.2) is 4.39 Å². The Balaban J connectivity index is 1.49. The predicted octanol–water partition coefficient (Wildman–Crippen LogP) is 4.47. The van der Waals surface area contributed by atoms with Gasteiger partial charge in [0, 0.05) is 48.2 Å². The highest BCUT2D eigenvalue weighted by atomic mass is 19.1. The number of likely N-dealkylation sites (N-methyl/N-ethyl adjacent to an activating group) is 1. The van der Waals surface area contributed by atoms with Crippen molar-refractivity contribution in [2.75, 3.05) is 31.5 Å². The molecule has 2 aromatic carbocycles. The summed E-state index contributed by atoms with van der Waals surface area (Å²) in [6, 6.07) is 13.7. The summed E-state index contributed by atoms with van der Waals surface area (Å²) < 4.78 is 13.4. The summed E-state index contributed by atoms with van der Waals surface area (Å²) in [5.74, 6) is -0.601. The molecule has 2 heterocycles. The highest BCUT2D eigenvalue weighted by Gasteiger charge is 2.27. The largest absolute Gasteiger partial charge is 0.364 e. The van der Waals surface area contributed by atoms with Gasteiger partial charge in [0.2, 0.25) is 0 Å². The number of halogens is 1. The molecule has 176 valence electrons. The number of nitrogens with one attached hydrogen (secondary N) is 3. The summed E-state index contributed by atoms with van der Waals surface area (Å²) in [5, 5.41) is 5.86. The van der Waals surface area contributed by atoms with E-state index in [2.05, 4.69) is 34.4 Å². The number of nitrogens with zero attached hydrogens (tertiary/aromatic N) is 1. The van der Waals surface area contributed by atoms with Gasteiger partial charge >= 0.3 is 0 Å². The van der Waals surface area contributed by atoms with E-state index in [1.165, 1.54) is 12.1 Å². The highest BCUT2D eigenvalue weighted by molar-refractivity contribution is 6.33. The van der Waals surface area contributed by atoms with Gasteiger partial charge in [0.1, 0.15) is 5.82 Å². The number of rotatable bonds is 9. The molecule has 34 heavy (non-hydrogen) atoms. The molecule has 3 N–H and O–H groups in total. The van der Waals surface area contributed by atoms with Gasteiger partial charge in [-0.1, -0.05) is 44.2 Å². The number of hydrogen-bond acceptors (Lipinski definition) is 3. The minimum atomic E-state index is -0.305. The summed E-state index contributed by atoms with van der Waals surface area (Å²) in [6.07, 6.45) is 4.02. The zero-order chi connectivity index (χ0) is 24.1. The third kappa shape index (κ3) is 5.10. The van der Waals surface area contributed by atoms with Gasteiger partial charge in [-0.3, -0.25) is 9.59 Å². The number of aromatic amines is 1. The highest BCUT2D eigenvalue weighted by Crippen LogP contribution is 2.39. The van der Waals surface area contributed by atoms with E-state index < -0.39 is 0 Å². The number of aromatic nitrogens is 1. The van der Waals surface area contributed by atoms with Gasteiger partial charge < -0.3 is 20.5 Å². The van der Waals surface area contributed by atoms with Crippen molar-refractivity contribution in [3.8, 4) is 11.1 Å². The Hall–Kier alpha value is -3.71. The van der Waals surface area contributed by atoms with Crippen molar-refractivity contribution in [3.63, 3.8) is 0 Å². The van der Waals surface area contributed by atoms with Crippen LogP contribution in [0.3, 0.4) is 0 Å². The lowest BCUT2D eigenvalue weighted by atomic mass is 9.94. The van der Waals surface area contributed by atoms with E-state index >= 15 is 0 Å². The molecule has 0 atom stereocenters. The molecule has 0 radical (unpaired) electrons. The number of anilines is 1. The summed E-state index contributed by atoms with van der Waals surface area (Å²) in [4.78, 5) is 30.6. The molecule has 0 aliphatic carbocycles. The van der Waals surface area contributed by atoms with Gasteiger partial charge in [0.05, 0.1) is 5.56 Å². The molecule has 3 aromatic rings. The Morgan fingerprint density at radius 2 is 1.88 bits per heavy atom. The van der Waals surface area contributed by atoms with Crippen LogP contribution in [0, 0.1) is 5.82 Å². The number of carbonyl (C=O) groups excluding carboxylic acids is 2. The van der Waals surface area contributed by atoms with Crippen LogP contribution in [0.2, 0.25) is 0 Å². The number of fused-ring (bicyclic) bond motifs is 1. The van der Waals surface area contributed by atoms with E-state index in [0.29, 0.717) is 24.1 Å². The van der Waals surface area contributed by atoms with Crippen molar-refractivity contribution in [2.45, 2.75) is 20.3 Å². The van der Waals surface area contributed by atoms with Crippen molar-refractivity contribution >= 4 is 23.1 Å². The van der Waals surface area contributed by atoms with E-state index in [0.717, 1.165) is 47.7 Å². The van der Waals surface area contributed by atoms with Crippen LogP contribution in [-0.4, -0.2) is 47.9 Å². The van der Waals surface area contributed by atoms with Crippen LogP contribution in [0.5, 0.6) is 0 Å². The maximum atomic E-state index is 13.4. The fourth-order valence-corrected chi connectivity index (χ4v) is 4.19. The summed E-state index contributed by atoms with van der Waals surface area (Å²) in [7, 11) is 0. The van der Waals surface area contributed by atoms with Gasteiger partial charge in [0.15, 0.2) is 0 Å². The van der Waals surface area contributed by atoms with Crippen molar-refractivity contribution in [1.82, 2.24) is 15.2 Å². The van der Waals surface area contributed by atoms with E-state index in [4.69, 9.17) is 0 Å². The number of H-pyrrole nitrogens is 1. The van der Waals surface area contributed by atoms with Crippen LogP contribution >= 0.6 is 0 Å². The molecule has 1 aliphatic rings. The first-order valence-electron chi connectivity index (χ1n) is 11.6. The number of amides is 2. The normalized spacial score (nSPS) is 13.9. The first kappa shape index (κ1) is 23.4. The second-order valence-electron chi connectivity index (χ2n) is 8.21. The Labute approximate surface area is 198 Å². The molecule has 0 bridgehead atoms. The lowest BCUT2D eigenvalue weighted by molar-refractivity contribution is -0.110. The van der Waals surface area contributed by atoms with Crippen LogP contribution in [0.1, 0.15) is 35.5 Å². The number of benzene rings is 2. The van der Waals surface area contributed by atoms with Crippen molar-refractivity contribution in [2.24, 2.45) is 0 Å². The molecule has 4 rings (SSSR count). The Morgan fingerprint density at radius 3 is 2.62 bits per heavy atom. The van der Waals surface area contributed by atoms with Crippen molar-refractivity contribution in [1.29, 1.82) is 0 Å². The molecule has 2 amide bonds. The second-order valence-corrected chi connectivity index (χ2v) is 8.21. The maximum Gasteiger partial charge on any atom is 0.256 e. The number of hydrogen-bond donors (Lipinski definition) is 3. The Morgan fingerprint density at radius 1 is 1.12 bits per heavy atom. The fraction of sp³-hybridized carbons (Fsp3) is 0.259. The fourth-order valence-electron chi connectivity index (χ4n) is 4.19. The van der Waals surface area contributed by atoms with Crippen LogP contribution in [0.4, 0.5) is 10.1 Å². The number of carbonyl (C=O) groups is 2. The van der Waals surface area contributed by atoms with Crippen molar-refractivity contribution in [3.05, 3.63) is 83.4 Å². The van der Waals surface area contributed by atoms with E-state index in [1.807, 2.05) is 30.3 Å². The zero-order valence-corrected chi connectivity index (χ0v) is 19.5. The van der Waals surface area contributed by atoms with Crippen LogP contribution < -0.4 is 10.6 Å². The topological polar surface area (TPSA) is 77.2 Å². The van der Waals surface area contributed by atoms with E-state index in [-0.39, 0.29) is 17.6 Å². The first-order valence-corrected chi connectivity index (χ1v) is 11.6. The molecule has 0 unspecified atom stereocenters. The SMILES string of the molecule is CCN(CC)CCNC(=O)c1c[nH]c(C/C=C2\C(=O)Nc3cccc(-c4ccc(F)cc4)c32)c1. The lowest BCUT2D eigenvalue weighted by Crippen LogP contribution is -2.34. The lowest BCUT2D eigenvalue weighted by Gasteiger charge is -2.17. The summed E-state index contributed by atoms with van der Waals surface area (Å²) in [6.45, 7) is 7.51. The van der Waals surface area contributed by atoms with Gasteiger partial charge in [-0.2, -0.15) is 0 Å².